The molecule has 2 heteroatoms. The summed E-state index contributed by atoms with van der Waals surface area (Å²) in [6, 6.07) is 6.81. The summed E-state index contributed by atoms with van der Waals surface area (Å²) in [6.07, 6.45) is 7.90. The van der Waals surface area contributed by atoms with Crippen LogP contribution in [-0.2, 0) is 6.42 Å². The van der Waals surface area contributed by atoms with E-state index in [1.807, 2.05) is 12.3 Å². The number of aryl methyl sites for hydroxylation is 1. The SMILES string of the molecule is CCCNC(CCC)CCc1ccccn1. The Bertz CT molecular complexity index is 259. The molecule has 0 radical (unpaired) electrons. The lowest BCUT2D eigenvalue weighted by Gasteiger charge is -2.17. The predicted molar refractivity (Wildman–Crippen MR) is 69.5 cm³/mol. The molecule has 0 aliphatic heterocycles. The zero-order valence-electron chi connectivity index (χ0n) is 10.6. The Morgan fingerprint density at radius 3 is 2.69 bits per heavy atom. The predicted octanol–water partition coefficient (Wildman–Crippen LogP) is 3.18. The first kappa shape index (κ1) is 13.2. The maximum absolute atomic E-state index is 4.36. The van der Waals surface area contributed by atoms with Crippen molar-refractivity contribution in [2.75, 3.05) is 6.54 Å². The molecule has 0 bridgehead atoms. The molecule has 1 aromatic rings. The molecule has 0 spiro atoms. The molecule has 0 aliphatic carbocycles. The summed E-state index contributed by atoms with van der Waals surface area (Å²) in [5, 5.41) is 3.61. The molecule has 16 heavy (non-hydrogen) atoms. The van der Waals surface area contributed by atoms with Crippen LogP contribution in [0.4, 0.5) is 0 Å². The Hall–Kier alpha value is -0.890. The van der Waals surface area contributed by atoms with Crippen molar-refractivity contribution in [2.24, 2.45) is 0 Å². The highest BCUT2D eigenvalue weighted by Gasteiger charge is 2.06. The summed E-state index contributed by atoms with van der Waals surface area (Å²) in [4.78, 5) is 4.36. The fraction of sp³-hybridized carbons (Fsp3) is 0.643. The van der Waals surface area contributed by atoms with Crippen molar-refractivity contribution in [1.82, 2.24) is 10.3 Å². The van der Waals surface area contributed by atoms with Gasteiger partial charge in [-0.3, -0.25) is 4.98 Å². The number of nitrogens with zero attached hydrogens (tertiary/aromatic N) is 1. The van der Waals surface area contributed by atoms with E-state index >= 15 is 0 Å². The molecule has 0 saturated heterocycles. The third-order valence-corrected chi connectivity index (χ3v) is 2.80. The Labute approximate surface area is 99.5 Å². The largest absolute Gasteiger partial charge is 0.314 e. The minimum Gasteiger partial charge on any atom is -0.314 e. The molecular weight excluding hydrogens is 196 g/mol. The van der Waals surface area contributed by atoms with E-state index in [4.69, 9.17) is 0 Å². The zero-order chi connectivity index (χ0) is 11.6. The van der Waals surface area contributed by atoms with Crippen molar-refractivity contribution in [2.45, 2.75) is 52.0 Å². The molecule has 90 valence electrons. The zero-order valence-corrected chi connectivity index (χ0v) is 10.6. The first-order valence-corrected chi connectivity index (χ1v) is 6.50. The minimum atomic E-state index is 0.659. The van der Waals surface area contributed by atoms with Crippen molar-refractivity contribution in [1.29, 1.82) is 0 Å². The summed E-state index contributed by atoms with van der Waals surface area (Å²) in [7, 11) is 0. The van der Waals surface area contributed by atoms with Gasteiger partial charge in [-0.1, -0.05) is 26.3 Å². The van der Waals surface area contributed by atoms with Crippen molar-refractivity contribution in [3.8, 4) is 0 Å². The summed E-state index contributed by atoms with van der Waals surface area (Å²) < 4.78 is 0. The van der Waals surface area contributed by atoms with E-state index in [1.165, 1.54) is 31.4 Å². The monoisotopic (exact) mass is 220 g/mol. The van der Waals surface area contributed by atoms with Crippen LogP contribution in [0.25, 0.3) is 0 Å². The quantitative estimate of drug-likeness (QED) is 0.728. The third-order valence-electron chi connectivity index (χ3n) is 2.80. The average molecular weight is 220 g/mol. The molecule has 1 rings (SSSR count). The topological polar surface area (TPSA) is 24.9 Å². The second kappa shape index (κ2) is 8.28. The van der Waals surface area contributed by atoms with E-state index < -0.39 is 0 Å². The highest BCUT2D eigenvalue weighted by Crippen LogP contribution is 2.07. The molecule has 0 saturated carbocycles. The lowest BCUT2D eigenvalue weighted by molar-refractivity contribution is 0.447. The van der Waals surface area contributed by atoms with Crippen molar-refractivity contribution in [3.63, 3.8) is 0 Å². The van der Waals surface area contributed by atoms with Crippen LogP contribution in [0.3, 0.4) is 0 Å². The van der Waals surface area contributed by atoms with Gasteiger partial charge in [-0.25, -0.2) is 0 Å². The van der Waals surface area contributed by atoms with Crippen LogP contribution in [0.2, 0.25) is 0 Å². The van der Waals surface area contributed by atoms with Gasteiger partial charge in [0.2, 0.25) is 0 Å². The van der Waals surface area contributed by atoms with Crippen molar-refractivity contribution in [3.05, 3.63) is 30.1 Å². The normalized spacial score (nSPS) is 12.6. The van der Waals surface area contributed by atoms with E-state index in [-0.39, 0.29) is 0 Å². The molecule has 1 aromatic heterocycles. The van der Waals surface area contributed by atoms with Crippen LogP contribution in [0, 0.1) is 0 Å². The number of hydrogen-bond acceptors (Lipinski definition) is 2. The Morgan fingerprint density at radius 2 is 2.06 bits per heavy atom. The van der Waals surface area contributed by atoms with E-state index in [1.54, 1.807) is 0 Å². The summed E-state index contributed by atoms with van der Waals surface area (Å²) in [6.45, 7) is 5.60. The van der Waals surface area contributed by atoms with E-state index in [2.05, 4.69) is 36.3 Å². The molecule has 0 amide bonds. The minimum absolute atomic E-state index is 0.659. The molecule has 0 fully saturated rings. The second-order valence-electron chi connectivity index (χ2n) is 4.30. The van der Waals surface area contributed by atoms with E-state index in [0.717, 1.165) is 13.0 Å². The molecule has 0 aromatic carbocycles. The number of aromatic nitrogens is 1. The first-order chi connectivity index (χ1) is 7.86. The van der Waals surface area contributed by atoms with E-state index in [9.17, 15) is 0 Å². The van der Waals surface area contributed by atoms with E-state index in [0.29, 0.717) is 6.04 Å². The van der Waals surface area contributed by atoms with Crippen molar-refractivity contribution >= 4 is 0 Å². The fourth-order valence-corrected chi connectivity index (χ4v) is 1.91. The number of rotatable bonds is 8. The fourth-order valence-electron chi connectivity index (χ4n) is 1.91. The highest BCUT2D eigenvalue weighted by molar-refractivity contribution is 5.03. The molecule has 1 unspecified atom stereocenters. The number of pyridine rings is 1. The van der Waals surface area contributed by atoms with Gasteiger partial charge in [0.1, 0.15) is 0 Å². The lowest BCUT2D eigenvalue weighted by atomic mass is 10.0. The molecule has 2 nitrogen and oxygen atoms in total. The van der Waals surface area contributed by atoms with Crippen LogP contribution < -0.4 is 5.32 Å². The number of hydrogen-bond donors (Lipinski definition) is 1. The van der Waals surface area contributed by atoms with Crippen LogP contribution in [0.5, 0.6) is 0 Å². The van der Waals surface area contributed by atoms with Gasteiger partial charge >= 0.3 is 0 Å². The van der Waals surface area contributed by atoms with Gasteiger partial charge in [-0.05, 0) is 44.4 Å². The Kier molecular flexibility index (Phi) is 6.82. The van der Waals surface area contributed by atoms with Gasteiger partial charge in [0.25, 0.3) is 0 Å². The van der Waals surface area contributed by atoms with Gasteiger partial charge in [-0.2, -0.15) is 0 Å². The third kappa shape index (κ3) is 5.26. The lowest BCUT2D eigenvalue weighted by Crippen LogP contribution is -2.30. The summed E-state index contributed by atoms with van der Waals surface area (Å²) in [5.41, 5.74) is 1.21. The summed E-state index contributed by atoms with van der Waals surface area (Å²) >= 11 is 0. The van der Waals surface area contributed by atoms with Gasteiger partial charge in [-0.15, -0.1) is 0 Å². The molecule has 1 N–H and O–H groups in total. The first-order valence-electron chi connectivity index (χ1n) is 6.50. The van der Waals surface area contributed by atoms with Crippen LogP contribution in [0.15, 0.2) is 24.4 Å². The van der Waals surface area contributed by atoms with Gasteiger partial charge in [0.05, 0.1) is 0 Å². The standard InChI is InChI=1S/C14H24N2/c1-3-7-13(15-11-4-2)9-10-14-8-5-6-12-16-14/h5-6,8,12-13,15H,3-4,7,9-11H2,1-2H3. The maximum Gasteiger partial charge on any atom is 0.0404 e. The second-order valence-corrected chi connectivity index (χ2v) is 4.30. The molecular formula is C14H24N2. The van der Waals surface area contributed by atoms with Gasteiger partial charge in [0, 0.05) is 17.9 Å². The van der Waals surface area contributed by atoms with Crippen LogP contribution >= 0.6 is 0 Å². The maximum atomic E-state index is 4.36. The van der Waals surface area contributed by atoms with Crippen LogP contribution in [-0.4, -0.2) is 17.6 Å². The molecule has 0 aliphatic rings. The van der Waals surface area contributed by atoms with Gasteiger partial charge < -0.3 is 5.32 Å². The Balaban J connectivity index is 2.31. The van der Waals surface area contributed by atoms with Crippen LogP contribution in [0.1, 0.15) is 45.2 Å². The molecule has 1 atom stereocenters. The summed E-state index contributed by atoms with van der Waals surface area (Å²) in [5.74, 6) is 0. The molecule has 1 heterocycles. The van der Waals surface area contributed by atoms with Gasteiger partial charge in [0.15, 0.2) is 0 Å². The smallest absolute Gasteiger partial charge is 0.0404 e. The van der Waals surface area contributed by atoms with Crippen molar-refractivity contribution < 1.29 is 0 Å². The number of nitrogens with one attached hydrogen (secondary N) is 1. The Morgan fingerprint density at radius 1 is 1.19 bits per heavy atom. The highest BCUT2D eigenvalue weighted by atomic mass is 14.9. The average Bonchev–Trinajstić information content (AvgIpc) is 2.34.